The van der Waals surface area contributed by atoms with Crippen LogP contribution in [0.1, 0.15) is 11.1 Å². The number of hydrogen-bond donors (Lipinski definition) is 7. The quantitative estimate of drug-likeness (QED) is 0.146. The number of quaternary nitrogens is 1. The number of nitrogens with zero attached hydrogens (tertiary/aromatic N) is 1. The molecule has 8 nitrogen and oxygen atoms in total. The highest BCUT2D eigenvalue weighted by Crippen LogP contribution is 2.45. The van der Waals surface area contributed by atoms with Gasteiger partial charge in [-0.25, -0.2) is 0 Å². The normalized spacial score (nSPS) is 14.9. The molecular weight excluding hydrogens is 244 g/mol. The molecule has 1 aromatic carbocycles. The Morgan fingerprint density at radius 2 is 1.42 bits per heavy atom. The first-order chi connectivity index (χ1) is 8.63. The van der Waals surface area contributed by atoms with E-state index >= 15 is 0 Å². The highest BCUT2D eigenvalue weighted by Gasteiger charge is 2.31. The van der Waals surface area contributed by atoms with Crippen LogP contribution in [0.25, 0.3) is 5.57 Å². The van der Waals surface area contributed by atoms with Crippen molar-refractivity contribution in [2.45, 2.75) is 6.42 Å². The summed E-state index contributed by atoms with van der Waals surface area (Å²) in [5, 5.41) is 0. The van der Waals surface area contributed by atoms with Crippen molar-refractivity contribution >= 4 is 28.3 Å². The Hall–Kier alpha value is -2.16. The van der Waals surface area contributed by atoms with E-state index in [4.69, 9.17) is 40.4 Å². The lowest BCUT2D eigenvalue weighted by atomic mass is 9.98. The number of nitrogen functional groups attached to an aromatic ring is 4. The van der Waals surface area contributed by atoms with Crippen molar-refractivity contribution in [3.8, 4) is 0 Å². The lowest BCUT2D eigenvalue weighted by molar-refractivity contribution is -0.926. The molecule has 0 fully saturated rings. The van der Waals surface area contributed by atoms with E-state index in [1.807, 2.05) is 0 Å². The second-order valence-electron chi connectivity index (χ2n) is 5.19. The minimum absolute atomic E-state index is 0.251. The Morgan fingerprint density at radius 1 is 0.895 bits per heavy atom. The number of allylic oxidation sites excluding steroid dienone is 1. The Morgan fingerprint density at radius 3 is 1.95 bits per heavy atom. The van der Waals surface area contributed by atoms with Gasteiger partial charge in [0.2, 0.25) is 0 Å². The molecule has 1 aliphatic rings. The third-order valence-corrected chi connectivity index (χ3v) is 3.32. The molecule has 0 unspecified atom stereocenters. The van der Waals surface area contributed by atoms with Gasteiger partial charge in [-0.3, -0.25) is 0 Å². The predicted molar refractivity (Wildman–Crippen MR) is 78.3 cm³/mol. The van der Waals surface area contributed by atoms with Crippen molar-refractivity contribution in [2.75, 3.05) is 36.5 Å². The molecular formula is C11H21N8+. The lowest BCUT2D eigenvalue weighted by Crippen LogP contribution is -2.57. The van der Waals surface area contributed by atoms with Crippen LogP contribution in [0, 0.1) is 0 Å². The van der Waals surface area contributed by atoms with Crippen LogP contribution >= 0.6 is 0 Å². The maximum Gasteiger partial charge on any atom is 0.142 e. The topological polar surface area (TPSA) is 182 Å². The Balaban J connectivity index is 2.64. The number of rotatable bonds is 2. The van der Waals surface area contributed by atoms with E-state index in [9.17, 15) is 0 Å². The summed E-state index contributed by atoms with van der Waals surface area (Å²) >= 11 is 0. The number of benzene rings is 1. The Labute approximate surface area is 111 Å². The second-order valence-corrected chi connectivity index (χ2v) is 5.19. The molecule has 0 atom stereocenters. The van der Waals surface area contributed by atoms with E-state index in [0.29, 0.717) is 35.7 Å². The molecule has 0 amide bonds. The van der Waals surface area contributed by atoms with Crippen molar-refractivity contribution in [1.82, 2.24) is 0 Å². The van der Waals surface area contributed by atoms with Gasteiger partial charge in [0.05, 0.1) is 22.7 Å². The van der Waals surface area contributed by atoms with Gasteiger partial charge in [0.25, 0.3) is 0 Å². The van der Waals surface area contributed by atoms with Gasteiger partial charge in [-0.2, -0.15) is 16.4 Å². The fourth-order valence-electron chi connectivity index (χ4n) is 2.39. The summed E-state index contributed by atoms with van der Waals surface area (Å²) in [6.45, 7) is 0.325. The summed E-state index contributed by atoms with van der Waals surface area (Å²) < 4.78 is -0.251. The number of likely N-dealkylation sites (N-methyl/N-ethyl adjacent to an activating group) is 1. The standard InChI is InChI=1S/C11H21N8/c1-19(17,18)3-5-6(12)2-4-7(5)9(14)11(16)10(15)8(4)13/h2-3,12-18H2,1H3/q+1. The molecule has 0 saturated heterocycles. The molecule has 0 radical (unpaired) electrons. The van der Waals surface area contributed by atoms with Crippen LogP contribution in [0.2, 0.25) is 0 Å². The summed E-state index contributed by atoms with van der Waals surface area (Å²) in [5.74, 6) is 11.6. The molecule has 0 bridgehead atoms. The van der Waals surface area contributed by atoms with E-state index in [0.717, 1.165) is 16.7 Å². The molecule has 19 heavy (non-hydrogen) atoms. The maximum atomic E-state index is 6.04. The van der Waals surface area contributed by atoms with Gasteiger partial charge >= 0.3 is 0 Å². The molecule has 104 valence electrons. The SMILES string of the molecule is C[N+](N)(N)CC1=C(N)Cc2c(N)c(N)c(N)c(N)c21. The van der Waals surface area contributed by atoms with Crippen molar-refractivity contribution in [3.05, 3.63) is 16.8 Å². The molecule has 1 aromatic rings. The zero-order valence-electron chi connectivity index (χ0n) is 10.9. The number of fused-ring (bicyclic) bond motifs is 1. The van der Waals surface area contributed by atoms with Crippen LogP contribution < -0.4 is 40.4 Å². The summed E-state index contributed by atoms with van der Waals surface area (Å²) in [5.41, 5.74) is 34.1. The number of nitrogens with two attached hydrogens (primary N) is 7. The van der Waals surface area contributed by atoms with E-state index in [-0.39, 0.29) is 10.4 Å². The minimum atomic E-state index is -0.251. The first-order valence-corrected chi connectivity index (χ1v) is 5.78. The van der Waals surface area contributed by atoms with Gasteiger partial charge in [-0.05, 0) is 5.56 Å². The Kier molecular flexibility index (Phi) is 2.74. The minimum Gasteiger partial charge on any atom is -0.401 e. The summed E-state index contributed by atoms with van der Waals surface area (Å²) in [7, 11) is 1.65. The van der Waals surface area contributed by atoms with Gasteiger partial charge in [0.1, 0.15) is 13.6 Å². The zero-order valence-corrected chi connectivity index (χ0v) is 10.9. The fourth-order valence-corrected chi connectivity index (χ4v) is 2.39. The molecule has 14 N–H and O–H groups in total. The average molecular weight is 265 g/mol. The summed E-state index contributed by atoms with van der Waals surface area (Å²) in [4.78, 5) is 0. The smallest absolute Gasteiger partial charge is 0.142 e. The van der Waals surface area contributed by atoms with E-state index in [2.05, 4.69) is 0 Å². The molecule has 2 rings (SSSR count). The third kappa shape index (κ3) is 2.01. The Bertz CT molecular complexity index is 582. The van der Waals surface area contributed by atoms with Gasteiger partial charge in [0, 0.05) is 23.3 Å². The van der Waals surface area contributed by atoms with Gasteiger partial charge in [-0.15, -0.1) is 0 Å². The zero-order chi connectivity index (χ0) is 14.5. The van der Waals surface area contributed by atoms with Crippen molar-refractivity contribution < 1.29 is 4.70 Å². The molecule has 8 heteroatoms. The second kappa shape index (κ2) is 3.92. The highest BCUT2D eigenvalue weighted by molar-refractivity contribution is 5.99. The van der Waals surface area contributed by atoms with Crippen LogP contribution in [0.3, 0.4) is 0 Å². The fraction of sp³-hybridized carbons (Fsp3) is 0.273. The van der Waals surface area contributed by atoms with E-state index in [1.165, 1.54) is 0 Å². The van der Waals surface area contributed by atoms with Crippen LogP contribution in [0.4, 0.5) is 22.7 Å². The van der Waals surface area contributed by atoms with Crippen LogP contribution in [0.5, 0.6) is 0 Å². The molecule has 0 heterocycles. The van der Waals surface area contributed by atoms with Gasteiger partial charge < -0.3 is 28.7 Å². The van der Waals surface area contributed by atoms with Gasteiger partial charge in [-0.1, -0.05) is 0 Å². The average Bonchev–Trinajstić information content (AvgIpc) is 2.60. The molecule has 0 spiro atoms. The summed E-state index contributed by atoms with van der Waals surface area (Å²) in [6, 6.07) is 0. The first-order valence-electron chi connectivity index (χ1n) is 5.78. The number of hydrogen-bond acceptors (Lipinski definition) is 7. The monoisotopic (exact) mass is 265 g/mol. The van der Waals surface area contributed by atoms with Gasteiger partial charge in [0.15, 0.2) is 0 Å². The lowest BCUT2D eigenvalue weighted by Gasteiger charge is -2.23. The van der Waals surface area contributed by atoms with Crippen LogP contribution in [-0.4, -0.2) is 18.3 Å². The maximum absolute atomic E-state index is 6.04. The van der Waals surface area contributed by atoms with Crippen molar-refractivity contribution in [1.29, 1.82) is 0 Å². The molecule has 0 saturated carbocycles. The molecule has 1 aliphatic carbocycles. The molecule has 0 aromatic heterocycles. The van der Waals surface area contributed by atoms with Crippen molar-refractivity contribution in [2.24, 2.45) is 17.4 Å². The number of anilines is 4. The highest BCUT2D eigenvalue weighted by atomic mass is 15.7. The van der Waals surface area contributed by atoms with E-state index in [1.54, 1.807) is 7.05 Å². The van der Waals surface area contributed by atoms with Crippen molar-refractivity contribution in [3.63, 3.8) is 0 Å². The largest absolute Gasteiger partial charge is 0.401 e. The van der Waals surface area contributed by atoms with E-state index < -0.39 is 0 Å². The van der Waals surface area contributed by atoms with Crippen LogP contribution in [0.15, 0.2) is 5.70 Å². The van der Waals surface area contributed by atoms with Crippen LogP contribution in [-0.2, 0) is 6.42 Å². The molecule has 0 aliphatic heterocycles. The first kappa shape index (κ1) is 13.3. The predicted octanol–water partition coefficient (Wildman–Crippen LogP) is -1.56. The third-order valence-electron chi connectivity index (χ3n) is 3.32. The summed E-state index contributed by atoms with van der Waals surface area (Å²) in [6.07, 6.45) is 0.477.